The predicted molar refractivity (Wildman–Crippen MR) is 102 cm³/mol. The zero-order chi connectivity index (χ0) is 19.7. The Morgan fingerprint density at radius 2 is 1.79 bits per heavy atom. The van der Waals surface area contributed by atoms with Crippen molar-refractivity contribution in [2.45, 2.75) is 6.92 Å². The Kier molecular flexibility index (Phi) is 4.41. The SMILES string of the molecule is Cc1ccc(C2=C/C(=C\c3ccc(-c4cccc(C(=O)[O-])c4)o3)C(=O)O2)cc1. The van der Waals surface area contributed by atoms with Crippen molar-refractivity contribution in [1.82, 2.24) is 0 Å². The van der Waals surface area contributed by atoms with Gasteiger partial charge in [-0.1, -0.05) is 48.0 Å². The van der Waals surface area contributed by atoms with Crippen LogP contribution in [0.3, 0.4) is 0 Å². The molecule has 0 aliphatic carbocycles. The van der Waals surface area contributed by atoms with E-state index < -0.39 is 11.9 Å². The molecule has 0 amide bonds. The Hall–Kier alpha value is -3.86. The number of esters is 1. The number of carboxylic acids is 1. The molecule has 3 aromatic rings. The third kappa shape index (κ3) is 3.50. The van der Waals surface area contributed by atoms with Crippen molar-refractivity contribution in [2.24, 2.45) is 0 Å². The molecule has 2 aromatic carbocycles. The summed E-state index contributed by atoms with van der Waals surface area (Å²) in [6.07, 6.45) is 3.27. The number of cyclic esters (lactones) is 1. The minimum absolute atomic E-state index is 0.0684. The first-order chi connectivity index (χ1) is 13.5. The highest BCUT2D eigenvalue weighted by Crippen LogP contribution is 2.29. The van der Waals surface area contributed by atoms with Crippen LogP contribution in [0.4, 0.5) is 0 Å². The summed E-state index contributed by atoms with van der Waals surface area (Å²) in [6, 6.07) is 17.4. The van der Waals surface area contributed by atoms with Crippen molar-refractivity contribution >= 4 is 23.8 Å². The van der Waals surface area contributed by atoms with Gasteiger partial charge in [-0.15, -0.1) is 0 Å². The van der Waals surface area contributed by atoms with E-state index in [4.69, 9.17) is 9.15 Å². The van der Waals surface area contributed by atoms with Gasteiger partial charge in [-0.2, -0.15) is 0 Å². The van der Waals surface area contributed by atoms with Crippen molar-refractivity contribution in [2.75, 3.05) is 0 Å². The first kappa shape index (κ1) is 17.5. The second-order valence-corrected chi connectivity index (χ2v) is 6.43. The fourth-order valence-corrected chi connectivity index (χ4v) is 2.89. The number of benzene rings is 2. The van der Waals surface area contributed by atoms with Gasteiger partial charge < -0.3 is 19.1 Å². The van der Waals surface area contributed by atoms with Gasteiger partial charge in [0.15, 0.2) is 0 Å². The first-order valence-electron chi connectivity index (χ1n) is 8.64. The van der Waals surface area contributed by atoms with Crippen LogP contribution in [0.25, 0.3) is 23.2 Å². The molecular formula is C23H15O5-. The average molecular weight is 371 g/mol. The van der Waals surface area contributed by atoms with Crippen LogP contribution in [0.2, 0.25) is 0 Å². The Morgan fingerprint density at radius 3 is 2.54 bits per heavy atom. The average Bonchev–Trinajstić information content (AvgIpc) is 3.30. The molecule has 138 valence electrons. The summed E-state index contributed by atoms with van der Waals surface area (Å²) in [4.78, 5) is 23.2. The van der Waals surface area contributed by atoms with Crippen molar-refractivity contribution in [3.63, 3.8) is 0 Å². The zero-order valence-corrected chi connectivity index (χ0v) is 15.0. The summed E-state index contributed by atoms with van der Waals surface area (Å²) in [7, 11) is 0. The second kappa shape index (κ2) is 7.04. The van der Waals surface area contributed by atoms with Crippen LogP contribution in [0, 0.1) is 6.92 Å². The lowest BCUT2D eigenvalue weighted by Gasteiger charge is -2.03. The van der Waals surface area contributed by atoms with E-state index in [2.05, 4.69) is 0 Å². The number of aryl methyl sites for hydroxylation is 1. The van der Waals surface area contributed by atoms with Crippen LogP contribution >= 0.6 is 0 Å². The van der Waals surface area contributed by atoms with Crippen LogP contribution < -0.4 is 5.11 Å². The van der Waals surface area contributed by atoms with Crippen molar-refractivity contribution in [3.05, 3.63) is 94.8 Å². The third-order valence-electron chi connectivity index (χ3n) is 4.37. The van der Waals surface area contributed by atoms with Crippen LogP contribution in [0.1, 0.15) is 27.2 Å². The van der Waals surface area contributed by atoms with E-state index in [-0.39, 0.29) is 5.56 Å². The number of rotatable bonds is 4. The van der Waals surface area contributed by atoms with Gasteiger partial charge in [0.25, 0.3) is 0 Å². The normalized spacial score (nSPS) is 14.8. The lowest BCUT2D eigenvalue weighted by atomic mass is 10.1. The summed E-state index contributed by atoms with van der Waals surface area (Å²) in [5, 5.41) is 11.0. The molecule has 0 fully saturated rings. The number of carbonyl (C=O) groups is 2. The Labute approximate surface area is 161 Å². The fraction of sp³-hybridized carbons (Fsp3) is 0.0435. The molecule has 1 aliphatic heterocycles. The van der Waals surface area contributed by atoms with Crippen molar-refractivity contribution in [1.29, 1.82) is 0 Å². The minimum atomic E-state index is -1.25. The summed E-state index contributed by atoms with van der Waals surface area (Å²) in [5.74, 6) is -0.262. The number of hydrogen-bond donors (Lipinski definition) is 0. The number of hydrogen-bond acceptors (Lipinski definition) is 5. The molecule has 0 radical (unpaired) electrons. The molecule has 1 aliphatic rings. The maximum absolute atomic E-state index is 12.2. The van der Waals surface area contributed by atoms with E-state index in [1.165, 1.54) is 12.1 Å². The topological polar surface area (TPSA) is 79.6 Å². The van der Waals surface area contributed by atoms with Gasteiger partial charge in [0, 0.05) is 11.1 Å². The van der Waals surface area contributed by atoms with Gasteiger partial charge in [-0.3, -0.25) is 0 Å². The number of furan rings is 1. The van der Waals surface area contributed by atoms with Crippen LogP contribution in [0.15, 0.2) is 76.7 Å². The van der Waals surface area contributed by atoms with Gasteiger partial charge in [-0.05, 0) is 42.8 Å². The zero-order valence-electron chi connectivity index (χ0n) is 15.0. The molecule has 0 saturated heterocycles. The van der Waals surface area contributed by atoms with E-state index in [1.54, 1.807) is 36.4 Å². The molecule has 2 heterocycles. The molecule has 0 saturated carbocycles. The quantitative estimate of drug-likeness (QED) is 0.517. The highest BCUT2D eigenvalue weighted by Gasteiger charge is 2.22. The van der Waals surface area contributed by atoms with E-state index in [0.717, 1.165) is 11.1 Å². The molecule has 5 nitrogen and oxygen atoms in total. The Balaban J connectivity index is 1.61. The van der Waals surface area contributed by atoms with Gasteiger partial charge in [-0.25, -0.2) is 4.79 Å². The molecule has 0 spiro atoms. The van der Waals surface area contributed by atoms with Gasteiger partial charge in [0.1, 0.15) is 17.3 Å². The van der Waals surface area contributed by atoms with E-state index in [0.29, 0.717) is 28.4 Å². The molecular weight excluding hydrogens is 356 g/mol. The first-order valence-corrected chi connectivity index (χ1v) is 8.64. The smallest absolute Gasteiger partial charge is 0.343 e. The lowest BCUT2D eigenvalue weighted by Crippen LogP contribution is -2.22. The summed E-state index contributed by atoms with van der Waals surface area (Å²) < 4.78 is 11.1. The van der Waals surface area contributed by atoms with E-state index in [1.807, 2.05) is 31.2 Å². The lowest BCUT2D eigenvalue weighted by molar-refractivity contribution is -0.255. The Bertz CT molecular complexity index is 1130. The number of ether oxygens (including phenoxy) is 1. The number of carboxylic acid groups (broad SMARTS) is 1. The predicted octanol–water partition coefficient (Wildman–Crippen LogP) is 3.60. The van der Waals surface area contributed by atoms with E-state index in [9.17, 15) is 14.7 Å². The number of carbonyl (C=O) groups excluding carboxylic acids is 2. The summed E-state index contributed by atoms with van der Waals surface area (Å²) in [5.41, 5.74) is 2.99. The third-order valence-corrected chi connectivity index (χ3v) is 4.37. The molecule has 28 heavy (non-hydrogen) atoms. The van der Waals surface area contributed by atoms with Crippen LogP contribution in [-0.2, 0) is 9.53 Å². The molecule has 4 rings (SSSR count). The molecule has 0 unspecified atom stereocenters. The second-order valence-electron chi connectivity index (χ2n) is 6.43. The number of aromatic carboxylic acids is 1. The molecule has 0 atom stereocenters. The van der Waals surface area contributed by atoms with Crippen molar-refractivity contribution in [3.8, 4) is 11.3 Å². The molecule has 5 heteroatoms. The summed E-state index contributed by atoms with van der Waals surface area (Å²) >= 11 is 0. The van der Waals surface area contributed by atoms with Crippen molar-refractivity contribution < 1.29 is 23.8 Å². The molecule has 1 aromatic heterocycles. The monoisotopic (exact) mass is 371 g/mol. The largest absolute Gasteiger partial charge is 0.545 e. The molecule has 0 N–H and O–H groups in total. The van der Waals surface area contributed by atoms with Gasteiger partial charge in [0.05, 0.1) is 11.5 Å². The minimum Gasteiger partial charge on any atom is -0.545 e. The highest BCUT2D eigenvalue weighted by atomic mass is 16.5. The Morgan fingerprint density at radius 1 is 1.00 bits per heavy atom. The van der Waals surface area contributed by atoms with E-state index >= 15 is 0 Å². The highest BCUT2D eigenvalue weighted by molar-refractivity contribution is 6.04. The standard InChI is InChI=1S/C23H16O5/c1-14-5-7-15(8-6-14)21-13-18(23(26)28-21)12-19-9-10-20(27-19)16-3-2-4-17(11-16)22(24)25/h2-13H,1H3,(H,24,25)/p-1/b18-12+. The summed E-state index contributed by atoms with van der Waals surface area (Å²) in [6.45, 7) is 1.99. The maximum Gasteiger partial charge on any atom is 0.343 e. The maximum atomic E-state index is 12.2. The van der Waals surface area contributed by atoms with Gasteiger partial charge >= 0.3 is 5.97 Å². The fourth-order valence-electron chi connectivity index (χ4n) is 2.89. The molecule has 0 bridgehead atoms. The van der Waals surface area contributed by atoms with Crippen LogP contribution in [-0.4, -0.2) is 11.9 Å². The van der Waals surface area contributed by atoms with Gasteiger partial charge in [0.2, 0.25) is 0 Å². The van der Waals surface area contributed by atoms with Crippen LogP contribution in [0.5, 0.6) is 0 Å².